The van der Waals surface area contributed by atoms with Gasteiger partial charge in [0.15, 0.2) is 5.92 Å². The average Bonchev–Trinajstić information content (AvgIpc) is 2.39. The predicted molar refractivity (Wildman–Crippen MR) is 75.2 cm³/mol. The molecule has 0 spiro atoms. The molecule has 108 valence electrons. The van der Waals surface area contributed by atoms with Gasteiger partial charge < -0.3 is 9.47 Å². The molecule has 0 N–H and O–H groups in total. The van der Waals surface area contributed by atoms with Crippen LogP contribution in [0.5, 0.6) is 0 Å². The lowest BCUT2D eigenvalue weighted by atomic mass is 9.95. The molecule has 0 aromatic heterocycles. The first-order valence-corrected chi connectivity index (χ1v) is 6.93. The number of halogens is 1. The first-order chi connectivity index (χ1) is 9.51. The Hall–Kier alpha value is -1.69. The lowest BCUT2D eigenvalue weighted by Crippen LogP contribution is -2.31. The van der Waals surface area contributed by atoms with E-state index in [9.17, 15) is 14.4 Å². The van der Waals surface area contributed by atoms with Gasteiger partial charge in [-0.15, -0.1) is 0 Å². The Morgan fingerprint density at radius 2 is 1.80 bits per heavy atom. The van der Waals surface area contributed by atoms with E-state index in [0.29, 0.717) is 10.0 Å². The zero-order chi connectivity index (χ0) is 15.1. The molecule has 0 saturated carbocycles. The Bertz CT molecular complexity index is 512. The van der Waals surface area contributed by atoms with Gasteiger partial charge >= 0.3 is 11.9 Å². The van der Waals surface area contributed by atoms with E-state index in [-0.39, 0.29) is 13.2 Å². The van der Waals surface area contributed by atoms with Crippen molar-refractivity contribution < 1.29 is 23.9 Å². The normalized spacial score (nSPS) is 11.6. The van der Waals surface area contributed by atoms with Gasteiger partial charge in [-0.3, -0.25) is 9.59 Å². The molecule has 0 aliphatic heterocycles. The molecule has 1 unspecified atom stereocenters. The number of carbonyl (C=O) groups excluding carboxylic acids is 3. The summed E-state index contributed by atoms with van der Waals surface area (Å²) in [5, 5.41) is 0. The Kier molecular flexibility index (Phi) is 6.38. The van der Waals surface area contributed by atoms with Gasteiger partial charge in [0.1, 0.15) is 0 Å². The number of esters is 2. The minimum absolute atomic E-state index is 0.0681. The third-order valence-electron chi connectivity index (χ3n) is 2.44. The van der Waals surface area contributed by atoms with Crippen molar-refractivity contribution in [2.24, 2.45) is 0 Å². The van der Waals surface area contributed by atoms with E-state index in [1.807, 2.05) is 0 Å². The average molecular weight is 343 g/mol. The van der Waals surface area contributed by atoms with Gasteiger partial charge in [0.05, 0.1) is 13.2 Å². The number of hydrogen-bond acceptors (Lipinski definition) is 5. The highest BCUT2D eigenvalue weighted by Crippen LogP contribution is 2.23. The van der Waals surface area contributed by atoms with Gasteiger partial charge in [0.2, 0.25) is 0 Å². The van der Waals surface area contributed by atoms with E-state index in [4.69, 9.17) is 4.74 Å². The fourth-order valence-electron chi connectivity index (χ4n) is 1.63. The van der Waals surface area contributed by atoms with E-state index in [1.165, 1.54) is 0 Å². The molecule has 0 saturated heterocycles. The van der Waals surface area contributed by atoms with Crippen molar-refractivity contribution in [3.8, 4) is 0 Å². The molecule has 5 nitrogen and oxygen atoms in total. The first-order valence-electron chi connectivity index (χ1n) is 6.14. The fraction of sp³-hybridized carbons (Fsp3) is 0.357. The van der Waals surface area contributed by atoms with Gasteiger partial charge in [-0.2, -0.15) is 0 Å². The molecule has 0 bridgehead atoms. The molecule has 0 heterocycles. The zero-order valence-electron chi connectivity index (χ0n) is 11.2. The Balaban J connectivity index is 3.11. The van der Waals surface area contributed by atoms with Crippen molar-refractivity contribution in [3.63, 3.8) is 0 Å². The maximum absolute atomic E-state index is 12.1. The highest BCUT2D eigenvalue weighted by atomic mass is 79.9. The zero-order valence-corrected chi connectivity index (χ0v) is 12.8. The van der Waals surface area contributed by atoms with Crippen LogP contribution in [0, 0.1) is 0 Å². The quantitative estimate of drug-likeness (QED) is 0.450. The molecule has 20 heavy (non-hydrogen) atoms. The molecular formula is C14H15BrO5. The van der Waals surface area contributed by atoms with Gasteiger partial charge in [-0.05, 0) is 31.5 Å². The number of Topliss-reactive ketones (excluding diaryl/α,β-unsaturated/α-hetero) is 1. The second-order valence-electron chi connectivity index (χ2n) is 3.82. The number of carbonyl (C=O) groups is 3. The molecule has 0 radical (unpaired) electrons. The molecule has 1 rings (SSSR count). The molecule has 0 amide bonds. The maximum Gasteiger partial charge on any atom is 0.375 e. The van der Waals surface area contributed by atoms with Crippen molar-refractivity contribution in [1.29, 1.82) is 0 Å². The maximum atomic E-state index is 12.1. The van der Waals surface area contributed by atoms with Crippen molar-refractivity contribution in [2.75, 3.05) is 13.2 Å². The summed E-state index contributed by atoms with van der Waals surface area (Å²) in [4.78, 5) is 35.6. The van der Waals surface area contributed by atoms with Crippen LogP contribution < -0.4 is 0 Å². The summed E-state index contributed by atoms with van der Waals surface area (Å²) in [5.41, 5.74) is 0.385. The molecule has 1 aromatic rings. The summed E-state index contributed by atoms with van der Waals surface area (Å²) in [5.74, 6) is -4.02. The van der Waals surface area contributed by atoms with Crippen LogP contribution >= 0.6 is 15.9 Å². The number of rotatable bonds is 6. The van der Waals surface area contributed by atoms with E-state index in [0.717, 1.165) is 0 Å². The van der Waals surface area contributed by atoms with Gasteiger partial charge in [-0.1, -0.05) is 28.1 Å². The summed E-state index contributed by atoms with van der Waals surface area (Å²) < 4.78 is 10.2. The van der Waals surface area contributed by atoms with Crippen LogP contribution in [0.25, 0.3) is 0 Å². The third kappa shape index (κ3) is 4.16. The first kappa shape index (κ1) is 16.4. The van der Waals surface area contributed by atoms with E-state index in [1.54, 1.807) is 38.1 Å². The van der Waals surface area contributed by atoms with Crippen LogP contribution in [-0.2, 0) is 23.9 Å². The molecule has 0 aliphatic rings. The minimum Gasteiger partial charge on any atom is -0.465 e. The Labute approximate surface area is 125 Å². The monoisotopic (exact) mass is 342 g/mol. The number of ketones is 1. The van der Waals surface area contributed by atoms with Crippen molar-refractivity contribution in [2.45, 2.75) is 19.8 Å². The van der Waals surface area contributed by atoms with Crippen LogP contribution in [0.2, 0.25) is 0 Å². The highest BCUT2D eigenvalue weighted by molar-refractivity contribution is 9.10. The summed E-state index contributed by atoms with van der Waals surface area (Å²) in [7, 11) is 0. The number of ether oxygens (including phenoxy) is 2. The van der Waals surface area contributed by atoms with Crippen LogP contribution in [0.4, 0.5) is 0 Å². The lowest BCUT2D eigenvalue weighted by Gasteiger charge is -2.14. The number of benzene rings is 1. The minimum atomic E-state index is -1.30. The van der Waals surface area contributed by atoms with Gasteiger partial charge in [0.25, 0.3) is 5.78 Å². The lowest BCUT2D eigenvalue weighted by molar-refractivity contribution is -0.159. The second-order valence-corrected chi connectivity index (χ2v) is 4.74. The van der Waals surface area contributed by atoms with Crippen molar-refractivity contribution in [3.05, 3.63) is 34.3 Å². The van der Waals surface area contributed by atoms with Gasteiger partial charge in [0, 0.05) is 4.47 Å². The van der Waals surface area contributed by atoms with Crippen LogP contribution in [-0.4, -0.2) is 30.9 Å². The standard InChI is InChI=1S/C14H15BrO5/c1-3-19-13(17)11(12(16)14(18)20-4-2)9-6-5-7-10(15)8-9/h5-8,11H,3-4H2,1-2H3. The smallest absolute Gasteiger partial charge is 0.375 e. The van der Waals surface area contributed by atoms with Crippen LogP contribution in [0.3, 0.4) is 0 Å². The van der Waals surface area contributed by atoms with E-state index < -0.39 is 23.6 Å². The van der Waals surface area contributed by atoms with E-state index in [2.05, 4.69) is 20.7 Å². The Morgan fingerprint density at radius 1 is 1.15 bits per heavy atom. The molecule has 6 heteroatoms. The summed E-state index contributed by atoms with van der Waals surface area (Å²) >= 11 is 3.26. The van der Waals surface area contributed by atoms with Crippen LogP contribution in [0.15, 0.2) is 28.7 Å². The molecule has 1 atom stereocenters. The summed E-state index contributed by atoms with van der Waals surface area (Å²) in [6, 6.07) is 6.60. The third-order valence-corrected chi connectivity index (χ3v) is 2.94. The second kappa shape index (κ2) is 7.79. The van der Waals surface area contributed by atoms with Crippen molar-refractivity contribution >= 4 is 33.7 Å². The Morgan fingerprint density at radius 3 is 2.35 bits per heavy atom. The predicted octanol–water partition coefficient (Wildman–Crippen LogP) is 2.23. The molecular weight excluding hydrogens is 328 g/mol. The largest absolute Gasteiger partial charge is 0.465 e. The van der Waals surface area contributed by atoms with E-state index >= 15 is 0 Å². The fourth-order valence-corrected chi connectivity index (χ4v) is 2.04. The van der Waals surface area contributed by atoms with Gasteiger partial charge in [-0.25, -0.2) is 4.79 Å². The molecule has 0 aliphatic carbocycles. The van der Waals surface area contributed by atoms with Crippen LogP contribution in [0.1, 0.15) is 25.3 Å². The number of hydrogen-bond donors (Lipinski definition) is 0. The topological polar surface area (TPSA) is 69.7 Å². The van der Waals surface area contributed by atoms with Crippen molar-refractivity contribution in [1.82, 2.24) is 0 Å². The highest BCUT2D eigenvalue weighted by Gasteiger charge is 2.35. The summed E-state index contributed by atoms with van der Waals surface area (Å²) in [6.07, 6.45) is 0. The molecule has 0 fully saturated rings. The SMILES string of the molecule is CCOC(=O)C(=O)C(C(=O)OCC)c1cccc(Br)c1. The molecule has 1 aromatic carbocycles. The summed E-state index contributed by atoms with van der Waals surface area (Å²) in [6.45, 7) is 3.41.